The van der Waals surface area contributed by atoms with E-state index in [9.17, 15) is 19.5 Å². The van der Waals surface area contributed by atoms with Crippen LogP contribution in [0.25, 0.3) is 0 Å². The average molecular weight is 475 g/mol. The van der Waals surface area contributed by atoms with Gasteiger partial charge in [0, 0.05) is 11.4 Å². The molecule has 0 radical (unpaired) electrons. The van der Waals surface area contributed by atoms with Gasteiger partial charge in [-0.2, -0.15) is 0 Å². The molecule has 29 heavy (non-hydrogen) atoms. The Kier molecular flexibility index (Phi) is 6.90. The summed E-state index contributed by atoms with van der Waals surface area (Å²) in [6, 6.07) is -1.39. The summed E-state index contributed by atoms with van der Waals surface area (Å²) in [5.41, 5.74) is -1.09. The van der Waals surface area contributed by atoms with Gasteiger partial charge in [-0.3, -0.25) is 14.4 Å². The van der Waals surface area contributed by atoms with Crippen molar-refractivity contribution in [1.82, 2.24) is 10.2 Å². The zero-order valence-electron chi connectivity index (χ0n) is 17.2. The fourth-order valence-corrected chi connectivity index (χ4v) is 6.11. The van der Waals surface area contributed by atoms with Crippen LogP contribution in [0.2, 0.25) is 0 Å². The molecule has 8 nitrogen and oxygen atoms in total. The highest BCUT2D eigenvalue weighted by Gasteiger charge is 2.77. The molecule has 1 spiro atoms. The van der Waals surface area contributed by atoms with Gasteiger partial charge in [0.1, 0.15) is 11.6 Å². The second-order valence-corrected chi connectivity index (χ2v) is 9.23. The number of rotatable bonds is 9. The quantitative estimate of drug-likeness (QED) is 0.293. The zero-order valence-corrected chi connectivity index (χ0v) is 18.8. The summed E-state index contributed by atoms with van der Waals surface area (Å²) in [5, 5.41) is 12.8. The molecule has 164 valence electrons. The minimum Gasteiger partial charge on any atom is -0.466 e. The summed E-state index contributed by atoms with van der Waals surface area (Å²) in [7, 11) is 0. The minimum absolute atomic E-state index is 0.152. The van der Waals surface area contributed by atoms with Crippen molar-refractivity contribution in [2.45, 2.75) is 75.1 Å². The van der Waals surface area contributed by atoms with Crippen molar-refractivity contribution in [3.05, 3.63) is 0 Å². The van der Waals surface area contributed by atoms with E-state index in [4.69, 9.17) is 9.47 Å². The Morgan fingerprint density at radius 1 is 1.41 bits per heavy atom. The number of aliphatic hydroxyl groups is 1. The number of nitrogens with one attached hydrogen (secondary N) is 1. The maximum Gasteiger partial charge on any atom is 0.312 e. The fraction of sp³-hybridized carbons (Fsp3) is 0.850. The van der Waals surface area contributed by atoms with Gasteiger partial charge in [0.25, 0.3) is 0 Å². The van der Waals surface area contributed by atoms with Crippen molar-refractivity contribution in [1.29, 1.82) is 0 Å². The first-order valence-electron chi connectivity index (χ1n) is 10.6. The number of aliphatic hydroxyl groups excluding tert-OH is 1. The van der Waals surface area contributed by atoms with Crippen molar-refractivity contribution in [2.75, 3.05) is 19.8 Å². The molecule has 0 aromatic heterocycles. The summed E-state index contributed by atoms with van der Waals surface area (Å²) in [4.78, 5) is 40.8. The topological polar surface area (TPSA) is 105 Å². The summed E-state index contributed by atoms with van der Waals surface area (Å²) in [6.45, 7) is 6.08. The Balaban J connectivity index is 2.01. The van der Waals surface area contributed by atoms with Gasteiger partial charge in [-0.05, 0) is 26.2 Å². The third-order valence-electron chi connectivity index (χ3n) is 6.44. The number of carbonyl (C=O) groups excluding carboxylic acids is 3. The molecule has 7 atom stereocenters. The number of nitrogens with zero attached hydrogens (tertiary/aromatic N) is 1. The maximum absolute atomic E-state index is 13.5. The first-order chi connectivity index (χ1) is 13.9. The van der Waals surface area contributed by atoms with Crippen LogP contribution >= 0.6 is 15.9 Å². The number of halogens is 1. The Bertz CT molecular complexity index is 657. The molecule has 3 aliphatic rings. The average Bonchev–Trinajstić information content (AvgIpc) is 3.27. The van der Waals surface area contributed by atoms with Crippen LogP contribution in [0.1, 0.15) is 46.5 Å². The lowest BCUT2D eigenvalue weighted by atomic mass is 9.70. The number of ether oxygens (including phenoxy) is 2. The van der Waals surface area contributed by atoms with Gasteiger partial charge in [-0.1, -0.05) is 36.2 Å². The molecule has 1 unspecified atom stereocenters. The number of likely N-dealkylation sites (tertiary alicyclic amines) is 1. The molecule has 0 aromatic rings. The highest BCUT2D eigenvalue weighted by atomic mass is 79.9. The smallest absolute Gasteiger partial charge is 0.312 e. The van der Waals surface area contributed by atoms with Crippen LogP contribution in [-0.2, 0) is 23.9 Å². The number of hydrogen-bond acceptors (Lipinski definition) is 6. The van der Waals surface area contributed by atoms with Gasteiger partial charge in [0.05, 0.1) is 37.2 Å². The normalized spacial score (nSPS) is 36.2. The van der Waals surface area contributed by atoms with E-state index in [0.717, 1.165) is 12.8 Å². The Labute approximate surface area is 179 Å². The summed E-state index contributed by atoms with van der Waals surface area (Å²) >= 11 is 3.59. The highest BCUT2D eigenvalue weighted by molar-refractivity contribution is 9.09. The predicted octanol–water partition coefficient (Wildman–Crippen LogP) is 0.985. The SMILES string of the molecule is CCCCNC(=O)[C@H]1N([C@@H](CC)CO)C(=O)[C@@H]2[C@@H](C(=O)OCC)[C@@H]3O[C@@]21CC3Br. The molecular formula is C20H31BrN2O6. The third-order valence-corrected chi connectivity index (χ3v) is 7.28. The number of amides is 2. The van der Waals surface area contributed by atoms with Crippen LogP contribution in [0.3, 0.4) is 0 Å². The summed E-state index contributed by atoms with van der Waals surface area (Å²) in [6.07, 6.45) is 2.20. The predicted molar refractivity (Wildman–Crippen MR) is 108 cm³/mol. The second kappa shape index (κ2) is 8.89. The van der Waals surface area contributed by atoms with Crippen LogP contribution in [0.15, 0.2) is 0 Å². The van der Waals surface area contributed by atoms with Gasteiger partial charge in [-0.15, -0.1) is 0 Å². The number of fused-ring (bicyclic) bond motifs is 1. The van der Waals surface area contributed by atoms with Crippen molar-refractivity contribution in [3.8, 4) is 0 Å². The highest BCUT2D eigenvalue weighted by Crippen LogP contribution is 2.60. The van der Waals surface area contributed by atoms with Crippen LogP contribution < -0.4 is 5.32 Å². The third kappa shape index (κ3) is 3.49. The minimum atomic E-state index is -1.09. The van der Waals surface area contributed by atoms with E-state index in [1.165, 1.54) is 4.90 Å². The van der Waals surface area contributed by atoms with Crippen molar-refractivity contribution >= 4 is 33.7 Å². The summed E-state index contributed by atoms with van der Waals surface area (Å²) in [5.74, 6) is -2.59. The number of unbranched alkanes of at least 4 members (excludes halogenated alkanes) is 1. The van der Waals surface area contributed by atoms with E-state index in [1.54, 1.807) is 6.92 Å². The van der Waals surface area contributed by atoms with E-state index < -0.39 is 41.6 Å². The van der Waals surface area contributed by atoms with Crippen molar-refractivity contribution in [3.63, 3.8) is 0 Å². The van der Waals surface area contributed by atoms with Crippen molar-refractivity contribution in [2.24, 2.45) is 11.8 Å². The van der Waals surface area contributed by atoms with Gasteiger partial charge >= 0.3 is 5.97 Å². The molecule has 3 aliphatic heterocycles. The molecule has 2 bridgehead atoms. The number of esters is 1. The maximum atomic E-state index is 13.5. The lowest BCUT2D eigenvalue weighted by Gasteiger charge is -2.36. The molecule has 0 aliphatic carbocycles. The van der Waals surface area contributed by atoms with E-state index in [1.807, 2.05) is 13.8 Å². The molecule has 0 saturated carbocycles. The monoisotopic (exact) mass is 474 g/mol. The van der Waals surface area contributed by atoms with Crippen molar-refractivity contribution < 1.29 is 29.0 Å². The standard InChI is InChI=1S/C20H31BrN2O6/c1-4-7-8-22-17(25)16-20-9-12(21)15(29-20)13(19(27)28-6-3)14(20)18(26)23(16)11(5-2)10-24/h11-16,24H,4-10H2,1-3H3,(H,22,25)/t11-,12?,13+,14-,15+,16+,20-/m0/s1. The largest absolute Gasteiger partial charge is 0.466 e. The van der Waals surface area contributed by atoms with Gasteiger partial charge < -0.3 is 24.8 Å². The van der Waals surface area contributed by atoms with E-state index in [2.05, 4.69) is 21.2 Å². The number of carbonyl (C=O) groups is 3. The second-order valence-electron chi connectivity index (χ2n) is 8.05. The van der Waals surface area contributed by atoms with Crippen LogP contribution in [0, 0.1) is 11.8 Å². The number of hydrogen-bond donors (Lipinski definition) is 2. The van der Waals surface area contributed by atoms with Gasteiger partial charge in [-0.25, -0.2) is 0 Å². The molecule has 3 heterocycles. The zero-order chi connectivity index (χ0) is 21.3. The van der Waals surface area contributed by atoms with Crippen LogP contribution in [0.4, 0.5) is 0 Å². The molecule has 3 fully saturated rings. The molecular weight excluding hydrogens is 444 g/mol. The Hall–Kier alpha value is -1.19. The Morgan fingerprint density at radius 2 is 2.14 bits per heavy atom. The van der Waals surface area contributed by atoms with E-state index in [-0.39, 0.29) is 29.9 Å². The van der Waals surface area contributed by atoms with Crippen LogP contribution in [0.5, 0.6) is 0 Å². The van der Waals surface area contributed by atoms with Gasteiger partial charge in [0.15, 0.2) is 0 Å². The first-order valence-corrected chi connectivity index (χ1v) is 11.5. The molecule has 2 N–H and O–H groups in total. The van der Waals surface area contributed by atoms with Gasteiger partial charge in [0.2, 0.25) is 11.8 Å². The Morgan fingerprint density at radius 3 is 2.72 bits per heavy atom. The molecule has 9 heteroatoms. The molecule has 3 saturated heterocycles. The van der Waals surface area contributed by atoms with Crippen LogP contribution in [-0.4, -0.2) is 76.2 Å². The summed E-state index contributed by atoms with van der Waals surface area (Å²) < 4.78 is 11.5. The van der Waals surface area contributed by atoms with E-state index >= 15 is 0 Å². The fourth-order valence-electron chi connectivity index (χ4n) is 5.17. The lowest BCUT2D eigenvalue weighted by Crippen LogP contribution is -2.58. The molecule has 2 amide bonds. The molecule has 0 aromatic carbocycles. The molecule has 3 rings (SSSR count). The lowest BCUT2D eigenvalue weighted by molar-refractivity contribution is -0.155. The number of alkyl halides is 1. The first kappa shape index (κ1) is 22.5. The van der Waals surface area contributed by atoms with E-state index in [0.29, 0.717) is 19.4 Å².